The SMILES string of the molecule is CC1CC(C)CN(S(=O)(=O)c2ccc3c(c2)C=C(C(=O)N2CCCCC2)C3)C1. The van der Waals surface area contributed by atoms with Crippen molar-refractivity contribution in [2.75, 3.05) is 26.2 Å². The highest BCUT2D eigenvalue weighted by atomic mass is 32.2. The van der Waals surface area contributed by atoms with Gasteiger partial charge in [-0.1, -0.05) is 19.9 Å². The van der Waals surface area contributed by atoms with E-state index in [1.54, 1.807) is 16.4 Å². The fourth-order valence-corrected chi connectivity index (χ4v) is 6.58. The average Bonchev–Trinajstić information content (AvgIpc) is 3.10. The minimum Gasteiger partial charge on any atom is -0.339 e. The van der Waals surface area contributed by atoms with Crippen LogP contribution in [0.5, 0.6) is 0 Å². The van der Waals surface area contributed by atoms with Crippen molar-refractivity contribution in [3.05, 3.63) is 34.9 Å². The van der Waals surface area contributed by atoms with Crippen LogP contribution >= 0.6 is 0 Å². The standard InChI is InChI=1S/C22H30N2O3S/c1-16-10-17(2)15-24(14-16)28(26,27)21-7-6-18-11-20(12-19(18)13-21)22(25)23-8-4-3-5-9-23/h6-7,12-13,16-17H,3-5,8-11,14-15H2,1-2H3. The Morgan fingerprint density at radius 1 is 1.04 bits per heavy atom. The largest absolute Gasteiger partial charge is 0.339 e. The molecule has 2 heterocycles. The van der Waals surface area contributed by atoms with Crippen molar-refractivity contribution in [3.8, 4) is 0 Å². The fraction of sp³-hybridized carbons (Fsp3) is 0.591. The zero-order chi connectivity index (χ0) is 19.9. The first-order chi connectivity index (χ1) is 13.3. The molecule has 0 bridgehead atoms. The van der Waals surface area contributed by atoms with E-state index in [0.717, 1.165) is 49.1 Å². The molecule has 2 saturated heterocycles. The molecule has 0 saturated carbocycles. The predicted octanol–water partition coefficient (Wildman–Crippen LogP) is 3.31. The summed E-state index contributed by atoms with van der Waals surface area (Å²) < 4.78 is 28.0. The minimum atomic E-state index is -3.50. The van der Waals surface area contributed by atoms with Gasteiger partial charge in [0.25, 0.3) is 0 Å². The number of fused-ring (bicyclic) bond motifs is 1. The zero-order valence-electron chi connectivity index (χ0n) is 16.9. The van der Waals surface area contributed by atoms with Gasteiger partial charge in [-0.2, -0.15) is 4.31 Å². The van der Waals surface area contributed by atoms with Gasteiger partial charge in [0.05, 0.1) is 4.90 Å². The highest BCUT2D eigenvalue weighted by Crippen LogP contribution is 2.32. The highest BCUT2D eigenvalue weighted by Gasteiger charge is 2.32. The normalized spacial score (nSPS) is 26.1. The summed E-state index contributed by atoms with van der Waals surface area (Å²) in [7, 11) is -3.50. The molecule has 5 nitrogen and oxygen atoms in total. The quantitative estimate of drug-likeness (QED) is 0.779. The second-order valence-corrected chi connectivity index (χ2v) is 10.8. The molecular weight excluding hydrogens is 372 g/mol. The molecule has 1 aromatic carbocycles. The number of carbonyl (C=O) groups excluding carboxylic acids is 1. The third kappa shape index (κ3) is 3.77. The molecule has 2 aliphatic heterocycles. The third-order valence-electron chi connectivity index (χ3n) is 6.22. The van der Waals surface area contributed by atoms with Gasteiger partial charge in [-0.3, -0.25) is 4.79 Å². The Morgan fingerprint density at radius 2 is 1.71 bits per heavy atom. The van der Waals surface area contributed by atoms with Gasteiger partial charge in [0, 0.05) is 38.2 Å². The summed E-state index contributed by atoms with van der Waals surface area (Å²) in [4.78, 5) is 15.1. The second kappa shape index (κ2) is 7.64. The second-order valence-electron chi connectivity index (χ2n) is 8.83. The van der Waals surface area contributed by atoms with Crippen LogP contribution in [0.1, 0.15) is 50.7 Å². The van der Waals surface area contributed by atoms with Crippen LogP contribution in [0.4, 0.5) is 0 Å². The van der Waals surface area contributed by atoms with Crippen molar-refractivity contribution in [2.45, 2.75) is 50.8 Å². The molecule has 1 amide bonds. The van der Waals surface area contributed by atoms with Crippen molar-refractivity contribution in [1.82, 2.24) is 9.21 Å². The number of amides is 1. The van der Waals surface area contributed by atoms with Gasteiger partial charge < -0.3 is 4.90 Å². The Labute approximate surface area is 168 Å². The molecule has 2 atom stereocenters. The van der Waals surface area contributed by atoms with E-state index >= 15 is 0 Å². The van der Waals surface area contributed by atoms with E-state index < -0.39 is 10.0 Å². The molecule has 1 aliphatic carbocycles. The lowest BCUT2D eigenvalue weighted by Crippen LogP contribution is -2.42. The lowest BCUT2D eigenvalue weighted by atomic mass is 9.94. The van der Waals surface area contributed by atoms with Gasteiger partial charge in [-0.15, -0.1) is 0 Å². The van der Waals surface area contributed by atoms with E-state index in [4.69, 9.17) is 0 Å². The zero-order valence-corrected chi connectivity index (χ0v) is 17.7. The summed E-state index contributed by atoms with van der Waals surface area (Å²) in [6, 6.07) is 5.34. The highest BCUT2D eigenvalue weighted by molar-refractivity contribution is 7.89. The molecule has 4 rings (SSSR count). The van der Waals surface area contributed by atoms with Crippen molar-refractivity contribution in [1.29, 1.82) is 0 Å². The number of benzene rings is 1. The van der Waals surface area contributed by atoms with Crippen molar-refractivity contribution >= 4 is 22.0 Å². The average molecular weight is 403 g/mol. The van der Waals surface area contributed by atoms with Crippen molar-refractivity contribution in [2.24, 2.45) is 11.8 Å². The molecule has 0 spiro atoms. The summed E-state index contributed by atoms with van der Waals surface area (Å²) in [5.74, 6) is 0.863. The van der Waals surface area contributed by atoms with E-state index in [0.29, 0.717) is 36.2 Å². The van der Waals surface area contributed by atoms with Crippen LogP contribution in [0.15, 0.2) is 28.7 Å². The summed E-state index contributed by atoms with van der Waals surface area (Å²) in [6.07, 6.45) is 6.90. The number of nitrogens with zero attached hydrogens (tertiary/aromatic N) is 2. The van der Waals surface area contributed by atoms with Crippen LogP contribution < -0.4 is 0 Å². The number of sulfonamides is 1. The fourth-order valence-electron chi connectivity index (χ4n) is 4.86. The molecule has 2 unspecified atom stereocenters. The Balaban J connectivity index is 1.56. The van der Waals surface area contributed by atoms with Gasteiger partial charge in [-0.25, -0.2) is 8.42 Å². The van der Waals surface area contributed by atoms with E-state index in [1.807, 2.05) is 17.0 Å². The topological polar surface area (TPSA) is 57.7 Å². The van der Waals surface area contributed by atoms with Crippen LogP contribution in [0.3, 0.4) is 0 Å². The van der Waals surface area contributed by atoms with Gasteiger partial charge in [-0.05, 0) is 66.9 Å². The lowest BCUT2D eigenvalue weighted by Gasteiger charge is -2.34. The number of hydrogen-bond donors (Lipinski definition) is 0. The molecule has 0 radical (unpaired) electrons. The maximum atomic E-state index is 13.2. The Morgan fingerprint density at radius 3 is 2.39 bits per heavy atom. The first-order valence-corrected chi connectivity index (χ1v) is 11.9. The van der Waals surface area contributed by atoms with Crippen LogP contribution in [-0.4, -0.2) is 49.7 Å². The van der Waals surface area contributed by atoms with E-state index in [2.05, 4.69) is 13.8 Å². The van der Waals surface area contributed by atoms with E-state index in [1.165, 1.54) is 6.42 Å². The number of likely N-dealkylation sites (tertiary alicyclic amines) is 1. The van der Waals surface area contributed by atoms with E-state index in [-0.39, 0.29) is 5.91 Å². The van der Waals surface area contributed by atoms with Gasteiger partial charge in [0.1, 0.15) is 0 Å². The van der Waals surface area contributed by atoms with Crippen LogP contribution in [0, 0.1) is 11.8 Å². The summed E-state index contributed by atoms with van der Waals surface area (Å²) in [5.41, 5.74) is 2.70. The van der Waals surface area contributed by atoms with Crippen LogP contribution in [0.2, 0.25) is 0 Å². The third-order valence-corrected chi connectivity index (χ3v) is 8.05. The lowest BCUT2D eigenvalue weighted by molar-refractivity contribution is -0.127. The molecular formula is C22H30N2O3S. The van der Waals surface area contributed by atoms with Crippen molar-refractivity contribution < 1.29 is 13.2 Å². The van der Waals surface area contributed by atoms with Gasteiger partial charge >= 0.3 is 0 Å². The monoisotopic (exact) mass is 402 g/mol. The summed E-state index contributed by atoms with van der Waals surface area (Å²) in [6.45, 7) is 7.05. The van der Waals surface area contributed by atoms with Crippen LogP contribution in [0.25, 0.3) is 6.08 Å². The molecule has 28 heavy (non-hydrogen) atoms. The smallest absolute Gasteiger partial charge is 0.250 e. The van der Waals surface area contributed by atoms with Gasteiger partial charge in [0.2, 0.25) is 15.9 Å². The summed E-state index contributed by atoms with van der Waals surface area (Å²) >= 11 is 0. The molecule has 152 valence electrons. The maximum absolute atomic E-state index is 13.2. The Hall–Kier alpha value is -1.66. The van der Waals surface area contributed by atoms with Crippen LogP contribution in [-0.2, 0) is 21.2 Å². The number of rotatable bonds is 3. The number of carbonyl (C=O) groups is 1. The molecule has 0 aromatic heterocycles. The molecule has 3 aliphatic rings. The number of piperidine rings is 2. The summed E-state index contributed by atoms with van der Waals surface area (Å²) in [5, 5.41) is 0. The van der Waals surface area contributed by atoms with Crippen molar-refractivity contribution in [3.63, 3.8) is 0 Å². The Kier molecular flexibility index (Phi) is 5.36. The molecule has 6 heteroatoms. The number of hydrogen-bond acceptors (Lipinski definition) is 3. The maximum Gasteiger partial charge on any atom is 0.250 e. The molecule has 0 N–H and O–H groups in total. The van der Waals surface area contributed by atoms with E-state index in [9.17, 15) is 13.2 Å². The molecule has 2 fully saturated rings. The molecule has 1 aromatic rings. The first kappa shape index (κ1) is 19.6. The van der Waals surface area contributed by atoms with Gasteiger partial charge in [0.15, 0.2) is 0 Å². The minimum absolute atomic E-state index is 0.110. The predicted molar refractivity (Wildman–Crippen MR) is 110 cm³/mol. The Bertz CT molecular complexity index is 890. The first-order valence-electron chi connectivity index (χ1n) is 10.5.